The second kappa shape index (κ2) is 5.21. The summed E-state index contributed by atoms with van der Waals surface area (Å²) in [6, 6.07) is 6.24. The third kappa shape index (κ3) is 2.45. The van der Waals surface area contributed by atoms with Crippen molar-refractivity contribution >= 4 is 11.6 Å². The van der Waals surface area contributed by atoms with Crippen LogP contribution in [0, 0.1) is 0 Å². The van der Waals surface area contributed by atoms with Crippen molar-refractivity contribution in [2.24, 2.45) is 0 Å². The molecule has 3 rings (SSSR count). The molecule has 1 aromatic rings. The van der Waals surface area contributed by atoms with Gasteiger partial charge in [0.1, 0.15) is 0 Å². The number of hydrogen-bond acceptors (Lipinski definition) is 3. The van der Waals surface area contributed by atoms with Crippen molar-refractivity contribution in [2.75, 3.05) is 25.0 Å². The van der Waals surface area contributed by atoms with Crippen molar-refractivity contribution in [3.8, 4) is 0 Å². The average molecular weight is 260 g/mol. The third-order valence-corrected chi connectivity index (χ3v) is 3.91. The van der Waals surface area contributed by atoms with Crippen LogP contribution in [0.1, 0.15) is 35.2 Å². The maximum atomic E-state index is 12.7. The molecule has 0 unspecified atom stereocenters. The topological polar surface area (TPSA) is 52.6 Å². The summed E-state index contributed by atoms with van der Waals surface area (Å²) in [6.45, 7) is 1.46. The van der Waals surface area contributed by atoms with Crippen molar-refractivity contribution < 1.29 is 9.90 Å². The van der Waals surface area contributed by atoms with Gasteiger partial charge in [-0.05, 0) is 43.4 Å². The van der Waals surface area contributed by atoms with E-state index in [0.29, 0.717) is 12.6 Å². The monoisotopic (exact) mass is 260 g/mol. The quantitative estimate of drug-likeness (QED) is 0.865. The molecule has 0 radical (unpaired) electrons. The first kappa shape index (κ1) is 12.5. The van der Waals surface area contributed by atoms with Crippen LogP contribution in [0.4, 0.5) is 5.69 Å². The number of aliphatic hydroxyl groups excluding tert-OH is 1. The van der Waals surface area contributed by atoms with Gasteiger partial charge >= 0.3 is 0 Å². The maximum Gasteiger partial charge on any atom is 0.254 e. The van der Waals surface area contributed by atoms with Gasteiger partial charge in [0.15, 0.2) is 0 Å². The number of carbonyl (C=O) groups excluding carboxylic acids is 1. The highest BCUT2D eigenvalue weighted by Gasteiger charge is 2.33. The maximum absolute atomic E-state index is 12.7. The van der Waals surface area contributed by atoms with Gasteiger partial charge in [-0.15, -0.1) is 0 Å². The number of nitrogens with zero attached hydrogens (tertiary/aromatic N) is 1. The van der Waals surface area contributed by atoms with Crippen molar-refractivity contribution in [1.82, 2.24) is 4.90 Å². The largest absolute Gasteiger partial charge is 0.395 e. The van der Waals surface area contributed by atoms with Gasteiger partial charge in [0.25, 0.3) is 5.91 Å². The Kier molecular flexibility index (Phi) is 3.42. The van der Waals surface area contributed by atoms with Crippen LogP contribution >= 0.6 is 0 Å². The van der Waals surface area contributed by atoms with Crippen LogP contribution in [-0.2, 0) is 6.42 Å². The summed E-state index contributed by atoms with van der Waals surface area (Å²) in [6.07, 6.45) is 4.17. The van der Waals surface area contributed by atoms with Crippen LogP contribution in [0.5, 0.6) is 0 Å². The molecule has 4 heteroatoms. The van der Waals surface area contributed by atoms with Crippen LogP contribution in [-0.4, -0.2) is 41.7 Å². The van der Waals surface area contributed by atoms with Crippen LogP contribution < -0.4 is 5.32 Å². The standard InChI is InChI=1S/C15H20N2O2/c18-10-9-17(11-6-7-11)15(19)13-3-1-5-14-12(13)4-2-8-16-14/h1,3,5,11,16,18H,2,4,6-10H2. The van der Waals surface area contributed by atoms with E-state index in [-0.39, 0.29) is 12.5 Å². The number of hydrogen-bond donors (Lipinski definition) is 2. The Hall–Kier alpha value is -1.55. The van der Waals surface area contributed by atoms with Gasteiger partial charge in [-0.1, -0.05) is 6.07 Å². The molecule has 1 aromatic carbocycles. The molecule has 4 nitrogen and oxygen atoms in total. The number of amides is 1. The predicted octanol–water partition coefficient (Wildman–Crippen LogP) is 1.64. The van der Waals surface area contributed by atoms with Gasteiger partial charge in [0, 0.05) is 30.4 Å². The fraction of sp³-hybridized carbons (Fsp3) is 0.533. The zero-order chi connectivity index (χ0) is 13.2. The Bertz CT molecular complexity index is 483. The SMILES string of the molecule is O=C(c1cccc2c1CCCN2)N(CCO)C1CC1. The lowest BCUT2D eigenvalue weighted by Crippen LogP contribution is -2.36. The first-order valence-corrected chi connectivity index (χ1v) is 7.09. The van der Waals surface area contributed by atoms with Gasteiger partial charge in [-0.25, -0.2) is 0 Å². The molecule has 0 spiro atoms. The Morgan fingerprint density at radius 1 is 1.42 bits per heavy atom. The number of rotatable bonds is 4. The van der Waals surface area contributed by atoms with E-state index in [1.54, 1.807) is 0 Å². The highest BCUT2D eigenvalue weighted by Crippen LogP contribution is 2.31. The molecule has 0 saturated heterocycles. The molecule has 1 amide bonds. The summed E-state index contributed by atoms with van der Waals surface area (Å²) in [5.74, 6) is 0.0806. The summed E-state index contributed by atoms with van der Waals surface area (Å²) in [5.41, 5.74) is 3.05. The second-order valence-electron chi connectivity index (χ2n) is 5.32. The Labute approximate surface area is 113 Å². The minimum Gasteiger partial charge on any atom is -0.395 e. The van der Waals surface area contributed by atoms with Crippen LogP contribution in [0.3, 0.4) is 0 Å². The fourth-order valence-electron chi connectivity index (χ4n) is 2.81. The molecule has 1 saturated carbocycles. The third-order valence-electron chi connectivity index (χ3n) is 3.91. The van der Waals surface area contributed by atoms with E-state index in [2.05, 4.69) is 5.32 Å². The summed E-state index contributed by atoms with van der Waals surface area (Å²) < 4.78 is 0. The van der Waals surface area contributed by atoms with Gasteiger partial charge < -0.3 is 15.3 Å². The predicted molar refractivity (Wildman–Crippen MR) is 74.4 cm³/mol. The summed E-state index contributed by atoms with van der Waals surface area (Å²) in [7, 11) is 0. The van der Waals surface area contributed by atoms with Gasteiger partial charge in [-0.2, -0.15) is 0 Å². The number of carbonyl (C=O) groups is 1. The van der Waals surface area contributed by atoms with Crippen LogP contribution in [0.25, 0.3) is 0 Å². The molecule has 0 atom stereocenters. The molecule has 1 heterocycles. The summed E-state index contributed by atoms with van der Waals surface area (Å²) >= 11 is 0. The Morgan fingerprint density at radius 2 is 2.26 bits per heavy atom. The number of fused-ring (bicyclic) bond motifs is 1. The van der Waals surface area contributed by atoms with E-state index in [9.17, 15) is 4.79 Å². The lowest BCUT2D eigenvalue weighted by Gasteiger charge is -2.25. The van der Waals surface area contributed by atoms with E-state index in [0.717, 1.165) is 49.0 Å². The molecular formula is C15H20N2O2. The average Bonchev–Trinajstić information content (AvgIpc) is 3.28. The number of anilines is 1. The van der Waals surface area contributed by atoms with Gasteiger partial charge in [0.05, 0.1) is 6.61 Å². The molecule has 0 aromatic heterocycles. The van der Waals surface area contributed by atoms with Crippen molar-refractivity contribution in [3.63, 3.8) is 0 Å². The first-order chi connectivity index (χ1) is 9.31. The zero-order valence-corrected chi connectivity index (χ0v) is 11.1. The van der Waals surface area contributed by atoms with Gasteiger partial charge in [-0.3, -0.25) is 4.79 Å². The zero-order valence-electron chi connectivity index (χ0n) is 11.1. The number of benzene rings is 1. The van der Waals surface area contributed by atoms with E-state index < -0.39 is 0 Å². The van der Waals surface area contributed by atoms with Crippen LogP contribution in [0.2, 0.25) is 0 Å². The van der Waals surface area contributed by atoms with Crippen molar-refractivity contribution in [3.05, 3.63) is 29.3 Å². The molecule has 1 aliphatic carbocycles. The summed E-state index contributed by atoms with van der Waals surface area (Å²) in [4.78, 5) is 14.5. The molecule has 1 aliphatic heterocycles. The first-order valence-electron chi connectivity index (χ1n) is 7.09. The number of aliphatic hydroxyl groups is 1. The number of nitrogens with one attached hydrogen (secondary N) is 1. The fourth-order valence-corrected chi connectivity index (χ4v) is 2.81. The van der Waals surface area contributed by atoms with Crippen molar-refractivity contribution in [1.29, 1.82) is 0 Å². The van der Waals surface area contributed by atoms with E-state index >= 15 is 0 Å². The second-order valence-corrected chi connectivity index (χ2v) is 5.32. The molecular weight excluding hydrogens is 240 g/mol. The van der Waals surface area contributed by atoms with E-state index in [1.165, 1.54) is 0 Å². The summed E-state index contributed by atoms with van der Waals surface area (Å²) in [5, 5.41) is 12.5. The van der Waals surface area contributed by atoms with Gasteiger partial charge in [0.2, 0.25) is 0 Å². The van der Waals surface area contributed by atoms with Crippen LogP contribution in [0.15, 0.2) is 18.2 Å². The molecule has 1 fully saturated rings. The van der Waals surface area contributed by atoms with Crippen molar-refractivity contribution in [2.45, 2.75) is 31.7 Å². The highest BCUT2D eigenvalue weighted by molar-refractivity contribution is 5.97. The minimum atomic E-state index is 0.0372. The Balaban J connectivity index is 1.90. The Morgan fingerprint density at radius 3 is 3.00 bits per heavy atom. The molecule has 102 valence electrons. The normalized spacial score (nSPS) is 17.5. The lowest BCUT2D eigenvalue weighted by molar-refractivity contribution is 0.0706. The lowest BCUT2D eigenvalue weighted by atomic mass is 9.96. The highest BCUT2D eigenvalue weighted by atomic mass is 16.3. The molecule has 2 N–H and O–H groups in total. The van der Waals surface area contributed by atoms with E-state index in [1.807, 2.05) is 23.1 Å². The van der Waals surface area contributed by atoms with E-state index in [4.69, 9.17) is 5.11 Å². The molecule has 0 bridgehead atoms. The minimum absolute atomic E-state index is 0.0372. The molecule has 2 aliphatic rings. The molecule has 19 heavy (non-hydrogen) atoms. The smallest absolute Gasteiger partial charge is 0.254 e.